The molecular formula is C11H12OS2. The minimum absolute atomic E-state index is 0.0659. The molecule has 1 nitrogen and oxygen atoms in total. The molecule has 1 aromatic carbocycles. The van der Waals surface area contributed by atoms with E-state index in [0.29, 0.717) is 0 Å². The van der Waals surface area contributed by atoms with E-state index < -0.39 is 0 Å². The predicted molar refractivity (Wildman–Crippen MR) is 65.9 cm³/mol. The molecule has 0 bridgehead atoms. The third-order valence-corrected chi connectivity index (χ3v) is 3.77. The van der Waals surface area contributed by atoms with Crippen molar-refractivity contribution in [2.24, 2.45) is 0 Å². The molecule has 0 fully saturated rings. The van der Waals surface area contributed by atoms with E-state index in [-0.39, 0.29) is 9.70 Å². The Hall–Kier alpha value is -0.670. The van der Waals surface area contributed by atoms with Gasteiger partial charge >= 0.3 is 0 Å². The number of carbonyl (C=O) groups is 1. The van der Waals surface area contributed by atoms with E-state index in [0.717, 1.165) is 5.56 Å². The van der Waals surface area contributed by atoms with E-state index in [1.165, 1.54) is 23.5 Å². The van der Waals surface area contributed by atoms with Gasteiger partial charge in [-0.3, -0.25) is 4.79 Å². The third-order valence-electron chi connectivity index (χ3n) is 1.73. The Bertz CT molecular complexity index is 308. The van der Waals surface area contributed by atoms with Crippen LogP contribution in [0.15, 0.2) is 43.0 Å². The van der Waals surface area contributed by atoms with Crippen molar-refractivity contribution in [2.75, 3.05) is 6.26 Å². The van der Waals surface area contributed by atoms with Crippen molar-refractivity contribution in [1.82, 2.24) is 0 Å². The summed E-state index contributed by atoms with van der Waals surface area (Å²) in [6, 6.07) is 9.91. The molecule has 0 aliphatic heterocycles. The summed E-state index contributed by atoms with van der Waals surface area (Å²) in [5.41, 5.74) is 1.12. The third kappa shape index (κ3) is 3.24. The van der Waals surface area contributed by atoms with Gasteiger partial charge in [0.05, 0.1) is 5.25 Å². The number of benzene rings is 1. The highest BCUT2D eigenvalue weighted by molar-refractivity contribution is 8.38. The van der Waals surface area contributed by atoms with E-state index in [1.54, 1.807) is 12.3 Å². The molecule has 1 rings (SSSR count). The summed E-state index contributed by atoms with van der Waals surface area (Å²) in [6.07, 6.45) is 3.59. The van der Waals surface area contributed by atoms with Crippen molar-refractivity contribution < 1.29 is 4.79 Å². The topological polar surface area (TPSA) is 17.1 Å². The quantitative estimate of drug-likeness (QED) is 0.719. The first-order valence-corrected chi connectivity index (χ1v) is 6.30. The summed E-state index contributed by atoms with van der Waals surface area (Å²) in [7, 11) is 0. The van der Waals surface area contributed by atoms with Crippen LogP contribution in [0.25, 0.3) is 0 Å². The van der Waals surface area contributed by atoms with E-state index in [1.807, 2.05) is 30.3 Å². The zero-order chi connectivity index (χ0) is 10.4. The maximum Gasteiger partial charge on any atom is 0.246 e. The summed E-state index contributed by atoms with van der Waals surface area (Å²) in [5.74, 6) is 0. The molecule has 0 aliphatic rings. The van der Waals surface area contributed by atoms with Crippen LogP contribution in [0.5, 0.6) is 0 Å². The minimum Gasteiger partial charge on any atom is -0.274 e. The molecule has 14 heavy (non-hydrogen) atoms. The lowest BCUT2D eigenvalue weighted by atomic mass is 10.1. The lowest BCUT2D eigenvalue weighted by molar-refractivity contribution is 0.276. The van der Waals surface area contributed by atoms with Gasteiger partial charge in [0.1, 0.15) is 0 Å². The van der Waals surface area contributed by atoms with Gasteiger partial charge in [0, 0.05) is 0 Å². The van der Waals surface area contributed by atoms with Crippen molar-refractivity contribution in [2.45, 2.75) is 5.25 Å². The fourth-order valence-corrected chi connectivity index (χ4v) is 2.34. The second-order valence-electron chi connectivity index (χ2n) is 2.64. The lowest BCUT2D eigenvalue weighted by Gasteiger charge is -2.09. The van der Waals surface area contributed by atoms with Gasteiger partial charge in [-0.2, -0.15) is 0 Å². The molecular weight excluding hydrogens is 212 g/mol. The Morgan fingerprint density at radius 1 is 1.43 bits per heavy atom. The van der Waals surface area contributed by atoms with Gasteiger partial charge in [0.2, 0.25) is 4.45 Å². The summed E-state index contributed by atoms with van der Waals surface area (Å²) in [6.45, 7) is 3.74. The Morgan fingerprint density at radius 2 is 2.07 bits per heavy atom. The molecule has 0 aromatic heterocycles. The summed E-state index contributed by atoms with van der Waals surface area (Å²) < 4.78 is 0.124. The van der Waals surface area contributed by atoms with Crippen LogP contribution in [0.1, 0.15) is 10.8 Å². The van der Waals surface area contributed by atoms with E-state index in [9.17, 15) is 4.79 Å². The highest BCUT2D eigenvalue weighted by atomic mass is 32.2. The number of hydrogen-bond donors (Lipinski definition) is 0. The van der Waals surface area contributed by atoms with Crippen LogP contribution in [-0.4, -0.2) is 10.7 Å². The maximum atomic E-state index is 11.2. The van der Waals surface area contributed by atoms with Crippen LogP contribution < -0.4 is 0 Å². The lowest BCUT2D eigenvalue weighted by Crippen LogP contribution is -1.92. The maximum absolute atomic E-state index is 11.2. The van der Waals surface area contributed by atoms with Gasteiger partial charge in [0.15, 0.2) is 0 Å². The van der Waals surface area contributed by atoms with E-state index >= 15 is 0 Å². The van der Waals surface area contributed by atoms with Crippen LogP contribution in [0.3, 0.4) is 0 Å². The summed E-state index contributed by atoms with van der Waals surface area (Å²) in [4.78, 5) is 11.2. The SMILES string of the molecule is C=CC(SC(=O)SC)c1ccccc1. The fraction of sp³-hybridized carbons (Fsp3) is 0.182. The Balaban J connectivity index is 2.73. The van der Waals surface area contributed by atoms with Crippen LogP contribution in [0.4, 0.5) is 4.79 Å². The van der Waals surface area contributed by atoms with Crippen molar-refractivity contribution in [3.05, 3.63) is 48.6 Å². The summed E-state index contributed by atoms with van der Waals surface area (Å²) in [5, 5.41) is 0.0659. The standard InChI is InChI=1S/C11H12OS2/c1-3-10(14-11(12)13-2)9-7-5-4-6-8-9/h3-8,10H,1H2,2H3. The second-order valence-corrected chi connectivity index (χ2v) is 4.79. The molecule has 1 unspecified atom stereocenters. The Kier molecular flexibility index (Phi) is 4.84. The van der Waals surface area contributed by atoms with Crippen LogP contribution in [-0.2, 0) is 0 Å². The molecule has 1 aromatic rings. The molecule has 1 atom stereocenters. The molecule has 0 aliphatic carbocycles. The number of hydrogen-bond acceptors (Lipinski definition) is 3. The monoisotopic (exact) mass is 224 g/mol. The van der Waals surface area contributed by atoms with Gasteiger partial charge in [-0.25, -0.2) is 0 Å². The number of thioether (sulfide) groups is 2. The highest BCUT2D eigenvalue weighted by Gasteiger charge is 2.11. The first-order valence-electron chi connectivity index (χ1n) is 4.20. The molecule has 0 spiro atoms. The molecule has 3 heteroatoms. The molecule has 0 amide bonds. The normalized spacial score (nSPS) is 12.1. The summed E-state index contributed by atoms with van der Waals surface area (Å²) >= 11 is 2.54. The Labute approximate surface area is 93.0 Å². The van der Waals surface area contributed by atoms with Gasteiger partial charge in [-0.05, 0) is 11.8 Å². The molecule has 0 saturated heterocycles. The average molecular weight is 224 g/mol. The first kappa shape index (κ1) is 11.4. The van der Waals surface area contributed by atoms with Crippen molar-refractivity contribution >= 4 is 28.0 Å². The van der Waals surface area contributed by atoms with Crippen molar-refractivity contribution in [3.8, 4) is 0 Å². The van der Waals surface area contributed by atoms with Crippen LogP contribution in [0, 0.1) is 0 Å². The molecule has 74 valence electrons. The molecule has 0 saturated carbocycles. The molecule has 0 heterocycles. The zero-order valence-corrected chi connectivity index (χ0v) is 9.61. The molecule has 0 radical (unpaired) electrons. The second kappa shape index (κ2) is 5.94. The first-order chi connectivity index (χ1) is 6.77. The predicted octanol–water partition coefficient (Wildman–Crippen LogP) is 4.13. The molecule has 0 N–H and O–H groups in total. The largest absolute Gasteiger partial charge is 0.274 e. The van der Waals surface area contributed by atoms with E-state index in [4.69, 9.17) is 0 Å². The van der Waals surface area contributed by atoms with Crippen LogP contribution in [0.2, 0.25) is 0 Å². The number of carbonyl (C=O) groups excluding carboxylic acids is 1. The smallest absolute Gasteiger partial charge is 0.246 e. The number of rotatable bonds is 3. The fourth-order valence-electron chi connectivity index (χ4n) is 1.05. The average Bonchev–Trinajstić information content (AvgIpc) is 2.26. The van der Waals surface area contributed by atoms with Gasteiger partial charge < -0.3 is 0 Å². The van der Waals surface area contributed by atoms with Gasteiger partial charge in [-0.1, -0.05) is 59.9 Å². The van der Waals surface area contributed by atoms with Gasteiger partial charge in [0.25, 0.3) is 0 Å². The van der Waals surface area contributed by atoms with Crippen molar-refractivity contribution in [1.29, 1.82) is 0 Å². The zero-order valence-electron chi connectivity index (χ0n) is 7.97. The minimum atomic E-state index is 0.0659. The highest BCUT2D eigenvalue weighted by Crippen LogP contribution is 2.33. The van der Waals surface area contributed by atoms with E-state index in [2.05, 4.69) is 6.58 Å². The van der Waals surface area contributed by atoms with Crippen LogP contribution >= 0.6 is 23.5 Å². The Morgan fingerprint density at radius 3 is 2.57 bits per heavy atom. The van der Waals surface area contributed by atoms with Crippen molar-refractivity contribution in [3.63, 3.8) is 0 Å². The van der Waals surface area contributed by atoms with Gasteiger partial charge in [-0.15, -0.1) is 6.58 Å².